The zero-order valence-electron chi connectivity index (χ0n) is 16.7. The van der Waals surface area contributed by atoms with Gasteiger partial charge in [0.25, 0.3) is 11.8 Å². The highest BCUT2D eigenvalue weighted by atomic mass is 19.3. The van der Waals surface area contributed by atoms with Gasteiger partial charge in [-0.25, -0.2) is 8.78 Å². The van der Waals surface area contributed by atoms with Gasteiger partial charge in [-0.1, -0.05) is 6.92 Å². The van der Waals surface area contributed by atoms with Crippen LogP contribution in [0.1, 0.15) is 31.4 Å². The third-order valence-electron chi connectivity index (χ3n) is 4.80. The fourth-order valence-corrected chi connectivity index (χ4v) is 3.18. The van der Waals surface area contributed by atoms with E-state index in [0.29, 0.717) is 0 Å². The number of ketones is 1. The predicted molar refractivity (Wildman–Crippen MR) is 104 cm³/mol. The van der Waals surface area contributed by atoms with Gasteiger partial charge in [-0.3, -0.25) is 14.6 Å². The number of ether oxygens (including phenoxy) is 1. The van der Waals surface area contributed by atoms with E-state index in [4.69, 9.17) is 0 Å². The zero-order valence-corrected chi connectivity index (χ0v) is 16.7. The average molecular weight is 437 g/mol. The molecule has 3 rings (SSSR count). The number of rotatable bonds is 8. The summed E-state index contributed by atoms with van der Waals surface area (Å²) in [7, 11) is 0. The molecule has 1 aliphatic rings. The summed E-state index contributed by atoms with van der Waals surface area (Å²) in [6.45, 7) is -0.128. The van der Waals surface area contributed by atoms with Crippen LogP contribution in [0.2, 0.25) is 0 Å². The molecule has 2 heterocycles. The van der Waals surface area contributed by atoms with Gasteiger partial charge in [0.05, 0.1) is 11.4 Å². The van der Waals surface area contributed by atoms with Gasteiger partial charge in [-0.05, 0) is 42.8 Å². The molecule has 31 heavy (non-hydrogen) atoms. The Morgan fingerprint density at radius 1 is 1.23 bits per heavy atom. The first-order valence-corrected chi connectivity index (χ1v) is 9.41. The maximum Gasteiger partial charge on any atom is 0.387 e. The number of pyridine rings is 1. The second-order valence-corrected chi connectivity index (χ2v) is 6.98. The predicted octanol–water partition coefficient (Wildman–Crippen LogP) is 4.34. The highest BCUT2D eigenvalue weighted by Crippen LogP contribution is 2.32. The monoisotopic (exact) mass is 437 g/mol. The first-order valence-electron chi connectivity index (χ1n) is 9.41. The van der Waals surface area contributed by atoms with Crippen molar-refractivity contribution in [2.45, 2.75) is 39.2 Å². The minimum Gasteiger partial charge on any atom is -0.435 e. The van der Waals surface area contributed by atoms with Crippen molar-refractivity contribution >= 4 is 23.1 Å². The van der Waals surface area contributed by atoms with Crippen LogP contribution >= 0.6 is 0 Å². The Balaban J connectivity index is 1.74. The lowest BCUT2D eigenvalue weighted by Gasteiger charge is -2.16. The smallest absolute Gasteiger partial charge is 0.387 e. The molecular weight excluding hydrogens is 418 g/mol. The number of carbonyl (C=O) groups is 2. The fourth-order valence-electron chi connectivity index (χ4n) is 3.18. The lowest BCUT2D eigenvalue weighted by Crippen LogP contribution is -2.33. The van der Waals surface area contributed by atoms with Crippen LogP contribution in [0.15, 0.2) is 47.8 Å². The highest BCUT2D eigenvalue weighted by molar-refractivity contribution is 6.27. The van der Waals surface area contributed by atoms with Crippen LogP contribution in [0.25, 0.3) is 0 Å². The van der Waals surface area contributed by atoms with Crippen molar-refractivity contribution in [2.75, 3.05) is 5.01 Å². The molecule has 0 radical (unpaired) electrons. The summed E-state index contributed by atoms with van der Waals surface area (Å²) in [5, 5.41) is 5.10. The molecule has 1 atom stereocenters. The molecule has 0 N–H and O–H groups in total. The summed E-state index contributed by atoms with van der Waals surface area (Å²) in [4.78, 5) is 29.3. The molecule has 1 aromatic heterocycles. The van der Waals surface area contributed by atoms with Crippen LogP contribution in [-0.4, -0.2) is 29.0 Å². The van der Waals surface area contributed by atoms with E-state index < -0.39 is 36.6 Å². The van der Waals surface area contributed by atoms with Crippen LogP contribution in [0, 0.1) is 5.92 Å². The summed E-state index contributed by atoms with van der Waals surface area (Å²) in [5.74, 6) is -5.45. The number of Topliss-reactive ketones (excluding diaryl/α,β-unsaturated/α-hetero) is 1. The Morgan fingerprint density at radius 3 is 2.52 bits per heavy atom. The van der Waals surface area contributed by atoms with E-state index >= 15 is 0 Å². The molecular formula is C21H19F4N3O3. The molecule has 0 aliphatic carbocycles. The number of hydrogen-bond donors (Lipinski definition) is 0. The van der Waals surface area contributed by atoms with Gasteiger partial charge in [0.1, 0.15) is 11.7 Å². The van der Waals surface area contributed by atoms with E-state index in [9.17, 15) is 27.2 Å². The minimum atomic E-state index is -3.07. The Hall–Kier alpha value is -3.30. The Labute approximate surface area is 175 Å². The number of benzene rings is 1. The van der Waals surface area contributed by atoms with Crippen molar-refractivity contribution < 1.29 is 31.9 Å². The fraction of sp³-hybridized carbons (Fsp3) is 0.333. The molecule has 164 valence electrons. The normalized spacial score (nSPS) is 16.6. The number of hydrogen-bond acceptors (Lipinski definition) is 5. The Bertz CT molecular complexity index is 1010. The number of aromatic nitrogens is 1. The number of alkyl halides is 4. The maximum atomic E-state index is 13.9. The molecule has 1 aromatic carbocycles. The van der Waals surface area contributed by atoms with Gasteiger partial charge in [0.15, 0.2) is 5.78 Å². The maximum absolute atomic E-state index is 13.9. The van der Waals surface area contributed by atoms with Gasteiger partial charge in [-0.15, -0.1) is 0 Å². The molecule has 1 unspecified atom stereocenters. The number of nitrogens with zero attached hydrogens (tertiary/aromatic N) is 3. The van der Waals surface area contributed by atoms with Crippen LogP contribution in [-0.2, 0) is 21.9 Å². The summed E-state index contributed by atoms with van der Waals surface area (Å²) in [5.41, 5.74) is 0.484. The molecule has 1 aliphatic heterocycles. The average Bonchev–Trinajstić information content (AvgIpc) is 3.02. The molecule has 10 heteroatoms. The number of amides is 1. The van der Waals surface area contributed by atoms with Crippen molar-refractivity contribution in [3.05, 3.63) is 53.9 Å². The molecule has 0 spiro atoms. The minimum absolute atomic E-state index is 0.0880. The van der Waals surface area contributed by atoms with Gasteiger partial charge in [-0.2, -0.15) is 18.9 Å². The van der Waals surface area contributed by atoms with E-state index in [1.807, 2.05) is 0 Å². The van der Waals surface area contributed by atoms with E-state index in [2.05, 4.69) is 14.8 Å². The van der Waals surface area contributed by atoms with Gasteiger partial charge in [0.2, 0.25) is 0 Å². The standard InChI is InChI=1S/C21H19F4N3O3/c1-3-21(24,25)14-8-13(10-26-11-14)9-17(29)18-12(2)27-28(19(18)30)15-4-6-16(7-5-15)31-20(22)23/h4-8,10-11,18,20H,3,9H2,1-2H3. The highest BCUT2D eigenvalue weighted by Gasteiger charge is 2.39. The van der Waals surface area contributed by atoms with Crippen molar-refractivity contribution in [3.8, 4) is 5.75 Å². The van der Waals surface area contributed by atoms with Crippen molar-refractivity contribution in [1.29, 1.82) is 0 Å². The van der Waals surface area contributed by atoms with Crippen LogP contribution in [0.5, 0.6) is 5.75 Å². The number of hydrazone groups is 1. The van der Waals surface area contributed by atoms with Gasteiger partial charge >= 0.3 is 6.61 Å². The molecule has 6 nitrogen and oxygen atoms in total. The molecule has 0 saturated carbocycles. The largest absolute Gasteiger partial charge is 0.435 e. The summed E-state index contributed by atoms with van der Waals surface area (Å²) in [6.07, 6.45) is 1.68. The third-order valence-corrected chi connectivity index (χ3v) is 4.80. The molecule has 0 saturated heterocycles. The van der Waals surface area contributed by atoms with E-state index in [1.165, 1.54) is 50.4 Å². The Morgan fingerprint density at radius 2 is 1.90 bits per heavy atom. The first kappa shape index (κ1) is 22.4. The van der Waals surface area contributed by atoms with Crippen molar-refractivity contribution in [1.82, 2.24) is 4.98 Å². The number of anilines is 1. The van der Waals surface area contributed by atoms with Crippen LogP contribution in [0.3, 0.4) is 0 Å². The molecule has 0 fully saturated rings. The van der Waals surface area contributed by atoms with Gasteiger partial charge < -0.3 is 4.74 Å². The van der Waals surface area contributed by atoms with E-state index in [1.54, 1.807) is 0 Å². The molecule has 1 amide bonds. The SMILES string of the molecule is CCC(F)(F)c1cncc(CC(=O)C2C(=O)N(c3ccc(OC(F)F)cc3)N=C2C)c1. The summed E-state index contributed by atoms with van der Waals surface area (Å²) in [6, 6.07) is 6.43. The number of halogens is 4. The van der Waals surface area contributed by atoms with E-state index in [-0.39, 0.29) is 34.7 Å². The first-order chi connectivity index (χ1) is 14.6. The topological polar surface area (TPSA) is 71.9 Å². The van der Waals surface area contributed by atoms with Crippen molar-refractivity contribution in [3.63, 3.8) is 0 Å². The molecule has 0 bridgehead atoms. The third kappa shape index (κ3) is 4.89. The molecule has 2 aromatic rings. The number of carbonyl (C=O) groups excluding carboxylic acids is 2. The second kappa shape index (κ2) is 8.83. The Kier molecular flexibility index (Phi) is 6.37. The van der Waals surface area contributed by atoms with Crippen LogP contribution < -0.4 is 9.75 Å². The summed E-state index contributed by atoms with van der Waals surface area (Å²) >= 11 is 0. The summed E-state index contributed by atoms with van der Waals surface area (Å²) < 4.78 is 56.6. The van der Waals surface area contributed by atoms with E-state index in [0.717, 1.165) is 11.2 Å². The lowest BCUT2D eigenvalue weighted by atomic mass is 9.93. The second-order valence-electron chi connectivity index (χ2n) is 6.98. The van der Waals surface area contributed by atoms with Gasteiger partial charge in [0, 0.05) is 30.8 Å². The van der Waals surface area contributed by atoms with Crippen molar-refractivity contribution in [2.24, 2.45) is 11.0 Å². The van der Waals surface area contributed by atoms with Crippen LogP contribution in [0.4, 0.5) is 23.2 Å². The zero-order chi connectivity index (χ0) is 22.8. The lowest BCUT2D eigenvalue weighted by molar-refractivity contribution is -0.128. The quantitative estimate of drug-likeness (QED) is 0.455.